The lowest BCUT2D eigenvalue weighted by molar-refractivity contribution is 0.258. The second kappa shape index (κ2) is 11.9. The zero-order valence-corrected chi connectivity index (χ0v) is 15.7. The summed E-state index contributed by atoms with van der Waals surface area (Å²) in [6.07, 6.45) is 1.23. The van der Waals surface area contributed by atoms with Crippen molar-refractivity contribution in [2.75, 3.05) is 50.0 Å². The van der Waals surface area contributed by atoms with Crippen molar-refractivity contribution in [2.45, 2.75) is 20.3 Å². The van der Waals surface area contributed by atoms with Gasteiger partial charge in [0.05, 0.1) is 12.3 Å². The van der Waals surface area contributed by atoms with Crippen LogP contribution in [0.25, 0.3) is 0 Å². The average Bonchev–Trinajstić information content (AvgIpc) is 2.43. The molecule has 1 saturated heterocycles. The summed E-state index contributed by atoms with van der Waals surface area (Å²) in [7, 11) is 0. The second-order valence-electron chi connectivity index (χ2n) is 4.98. The molecule has 1 aliphatic heterocycles. The van der Waals surface area contributed by atoms with Gasteiger partial charge in [0.15, 0.2) is 0 Å². The zero-order chi connectivity index (χ0) is 13.7. The van der Waals surface area contributed by atoms with Crippen LogP contribution in [-0.4, -0.2) is 44.2 Å². The molecule has 0 saturated carbocycles. The molecule has 1 aromatic carbocycles. The fraction of sp³-hybridized carbons (Fsp3) is 0.600. The van der Waals surface area contributed by atoms with Crippen molar-refractivity contribution in [2.24, 2.45) is 0 Å². The smallest absolute Gasteiger partial charge is 0.144 e. The Bertz CT molecular complexity index is 413. The molecule has 130 valence electrons. The maximum absolute atomic E-state index is 5.91. The first-order valence-corrected chi connectivity index (χ1v) is 7.24. The lowest BCUT2D eigenvalue weighted by Crippen LogP contribution is -2.46. The van der Waals surface area contributed by atoms with Crippen molar-refractivity contribution in [1.82, 2.24) is 4.90 Å². The molecule has 1 fully saturated rings. The van der Waals surface area contributed by atoms with E-state index in [-0.39, 0.29) is 37.2 Å². The van der Waals surface area contributed by atoms with E-state index in [0.29, 0.717) is 6.61 Å². The summed E-state index contributed by atoms with van der Waals surface area (Å²) in [5.74, 6) is 0.802. The average molecular weight is 373 g/mol. The molecule has 0 spiro atoms. The van der Waals surface area contributed by atoms with E-state index in [1.807, 2.05) is 13.0 Å². The van der Waals surface area contributed by atoms with Gasteiger partial charge in [-0.3, -0.25) is 4.90 Å². The molecule has 2 N–H and O–H groups in total. The minimum absolute atomic E-state index is 0. The SMILES string of the molecule is CCCN1CCN(c2ccc(N)c(OCC)c2)CC1.Cl.Cl.Cl. The van der Waals surface area contributed by atoms with E-state index in [4.69, 9.17) is 10.5 Å². The molecule has 0 bridgehead atoms. The van der Waals surface area contributed by atoms with Gasteiger partial charge < -0.3 is 15.4 Å². The van der Waals surface area contributed by atoms with Crippen LogP contribution in [0, 0.1) is 0 Å². The van der Waals surface area contributed by atoms with E-state index in [9.17, 15) is 0 Å². The first kappa shape index (κ1) is 23.7. The van der Waals surface area contributed by atoms with Gasteiger partial charge in [0, 0.05) is 37.9 Å². The summed E-state index contributed by atoms with van der Waals surface area (Å²) in [5.41, 5.74) is 7.85. The molecule has 0 aromatic heterocycles. The maximum Gasteiger partial charge on any atom is 0.144 e. The number of nitrogens with two attached hydrogens (primary N) is 1. The molecule has 2 rings (SSSR count). The first-order valence-electron chi connectivity index (χ1n) is 7.24. The van der Waals surface area contributed by atoms with E-state index in [2.05, 4.69) is 28.9 Å². The fourth-order valence-electron chi connectivity index (χ4n) is 2.55. The summed E-state index contributed by atoms with van der Waals surface area (Å²) < 4.78 is 5.57. The highest BCUT2D eigenvalue weighted by Gasteiger charge is 2.17. The number of anilines is 2. The van der Waals surface area contributed by atoms with E-state index in [1.54, 1.807) is 0 Å². The van der Waals surface area contributed by atoms with Crippen LogP contribution in [0.4, 0.5) is 11.4 Å². The minimum Gasteiger partial charge on any atom is -0.492 e. The van der Waals surface area contributed by atoms with Gasteiger partial charge in [0.25, 0.3) is 0 Å². The van der Waals surface area contributed by atoms with Crippen molar-refractivity contribution in [1.29, 1.82) is 0 Å². The second-order valence-corrected chi connectivity index (χ2v) is 4.98. The van der Waals surface area contributed by atoms with Crippen LogP contribution in [0.3, 0.4) is 0 Å². The van der Waals surface area contributed by atoms with Crippen LogP contribution < -0.4 is 15.4 Å². The van der Waals surface area contributed by atoms with Crippen molar-refractivity contribution >= 4 is 48.6 Å². The summed E-state index contributed by atoms with van der Waals surface area (Å²) in [5, 5.41) is 0. The lowest BCUT2D eigenvalue weighted by Gasteiger charge is -2.36. The summed E-state index contributed by atoms with van der Waals surface area (Å²) in [6.45, 7) is 10.5. The Morgan fingerprint density at radius 2 is 1.68 bits per heavy atom. The van der Waals surface area contributed by atoms with Crippen molar-refractivity contribution in [3.05, 3.63) is 18.2 Å². The fourth-order valence-corrected chi connectivity index (χ4v) is 2.55. The van der Waals surface area contributed by atoms with Gasteiger partial charge in [-0.1, -0.05) is 6.92 Å². The molecule has 0 aliphatic carbocycles. The van der Waals surface area contributed by atoms with E-state index in [0.717, 1.165) is 37.6 Å². The van der Waals surface area contributed by atoms with Crippen LogP contribution in [0.2, 0.25) is 0 Å². The Kier molecular flexibility index (Phi) is 12.9. The van der Waals surface area contributed by atoms with Crippen molar-refractivity contribution in [3.8, 4) is 5.75 Å². The van der Waals surface area contributed by atoms with Gasteiger partial charge in [-0.05, 0) is 32.0 Å². The number of rotatable bonds is 5. The molecule has 0 atom stereocenters. The quantitative estimate of drug-likeness (QED) is 0.804. The molecular weight excluding hydrogens is 345 g/mol. The van der Waals surface area contributed by atoms with E-state index in [1.165, 1.54) is 18.7 Å². The van der Waals surface area contributed by atoms with Crippen LogP contribution >= 0.6 is 37.2 Å². The third-order valence-corrected chi connectivity index (χ3v) is 3.57. The summed E-state index contributed by atoms with van der Waals surface area (Å²) in [6, 6.07) is 6.10. The van der Waals surface area contributed by atoms with Gasteiger partial charge in [-0.15, -0.1) is 37.2 Å². The van der Waals surface area contributed by atoms with Gasteiger partial charge >= 0.3 is 0 Å². The molecule has 1 aliphatic rings. The van der Waals surface area contributed by atoms with Crippen molar-refractivity contribution in [3.63, 3.8) is 0 Å². The third kappa shape index (κ3) is 6.29. The number of piperazine rings is 1. The maximum atomic E-state index is 5.91. The number of nitrogen functional groups attached to an aromatic ring is 1. The standard InChI is InChI=1S/C15H25N3O.3ClH/c1-3-7-17-8-10-18(11-9-17)13-5-6-14(16)15(12-13)19-4-2;;;/h5-6,12H,3-4,7-11,16H2,1-2H3;3*1H. The van der Waals surface area contributed by atoms with Crippen LogP contribution in [0.15, 0.2) is 18.2 Å². The summed E-state index contributed by atoms with van der Waals surface area (Å²) in [4.78, 5) is 4.94. The Hall–Kier alpha value is -0.550. The minimum atomic E-state index is 0. The third-order valence-electron chi connectivity index (χ3n) is 3.57. The molecule has 22 heavy (non-hydrogen) atoms. The Morgan fingerprint density at radius 1 is 1.05 bits per heavy atom. The van der Waals surface area contributed by atoms with E-state index < -0.39 is 0 Å². The van der Waals surface area contributed by atoms with E-state index >= 15 is 0 Å². The number of ether oxygens (including phenoxy) is 1. The van der Waals surface area contributed by atoms with Crippen LogP contribution in [-0.2, 0) is 0 Å². The number of halogens is 3. The molecule has 0 amide bonds. The Labute approximate surface area is 152 Å². The topological polar surface area (TPSA) is 41.7 Å². The van der Waals surface area contributed by atoms with Gasteiger partial charge in [-0.25, -0.2) is 0 Å². The molecule has 7 heteroatoms. The van der Waals surface area contributed by atoms with Gasteiger partial charge in [0.1, 0.15) is 5.75 Å². The highest BCUT2D eigenvalue weighted by molar-refractivity contribution is 5.86. The van der Waals surface area contributed by atoms with Crippen LogP contribution in [0.5, 0.6) is 5.75 Å². The zero-order valence-electron chi connectivity index (χ0n) is 13.3. The molecular formula is C15H28Cl3N3O. The lowest BCUT2D eigenvalue weighted by atomic mass is 10.2. The molecule has 0 unspecified atom stereocenters. The van der Waals surface area contributed by atoms with Gasteiger partial charge in [0.2, 0.25) is 0 Å². The normalized spacial score (nSPS) is 14.4. The molecule has 4 nitrogen and oxygen atoms in total. The Morgan fingerprint density at radius 3 is 2.23 bits per heavy atom. The number of hydrogen-bond acceptors (Lipinski definition) is 4. The van der Waals surface area contributed by atoms with Crippen molar-refractivity contribution < 1.29 is 4.74 Å². The summed E-state index contributed by atoms with van der Waals surface area (Å²) >= 11 is 0. The number of benzene rings is 1. The Balaban J connectivity index is 0. The predicted molar refractivity (Wildman–Crippen MR) is 103 cm³/mol. The predicted octanol–water partition coefficient (Wildman–Crippen LogP) is 3.46. The monoisotopic (exact) mass is 371 g/mol. The highest BCUT2D eigenvalue weighted by atomic mass is 35.5. The number of hydrogen-bond donors (Lipinski definition) is 1. The van der Waals surface area contributed by atoms with Crippen LogP contribution in [0.1, 0.15) is 20.3 Å². The molecule has 1 heterocycles. The highest BCUT2D eigenvalue weighted by Crippen LogP contribution is 2.28. The number of nitrogens with zero attached hydrogens (tertiary/aromatic N) is 2. The first-order chi connectivity index (χ1) is 9.24. The van der Waals surface area contributed by atoms with Gasteiger partial charge in [-0.2, -0.15) is 0 Å². The molecule has 0 radical (unpaired) electrons. The molecule has 1 aromatic rings. The largest absolute Gasteiger partial charge is 0.492 e.